The average Bonchev–Trinajstić information content (AvgIpc) is 3.77. The van der Waals surface area contributed by atoms with E-state index in [-0.39, 0.29) is 24.1 Å². The molecule has 0 amide bonds. The molecule has 0 heterocycles. The molecule has 5 nitrogen and oxygen atoms in total. The minimum atomic E-state index is -0.0163. The van der Waals surface area contributed by atoms with Gasteiger partial charge in [-0.25, -0.2) is 0 Å². The van der Waals surface area contributed by atoms with E-state index in [1.165, 1.54) is 134 Å². The quantitative estimate of drug-likeness (QED) is 0.0431. The standard InChI is InChI=1S/C50H89NO4/c1-5-7-9-11-13-29-47(30-14-12-10-8-6-2)54-49(52)31-19-22-40(24-21-33-51(3)4)23-20-32-50(53)55-48(38-41-34-43-25-15-16-26-44(43)35-41)39-42-36-45-27-17-18-28-46(45)37-42/h24,41-48H,5-23,25-39H2,1-4H3/b40-24-. The first-order valence-electron chi connectivity index (χ1n) is 24.5. The molecule has 55 heavy (non-hydrogen) atoms. The lowest BCUT2D eigenvalue weighted by Crippen LogP contribution is -2.23. The Hall–Kier alpha value is -1.36. The largest absolute Gasteiger partial charge is 0.462 e. The van der Waals surface area contributed by atoms with Gasteiger partial charge in [-0.05, 0) is 146 Å². The highest BCUT2D eigenvalue weighted by Crippen LogP contribution is 2.49. The monoisotopic (exact) mass is 768 g/mol. The van der Waals surface area contributed by atoms with Gasteiger partial charge in [-0.3, -0.25) is 9.59 Å². The third-order valence-corrected chi connectivity index (χ3v) is 14.5. The Bertz CT molecular complexity index is 994. The van der Waals surface area contributed by atoms with Gasteiger partial charge in [-0.15, -0.1) is 0 Å². The summed E-state index contributed by atoms with van der Waals surface area (Å²) in [5.41, 5.74) is 1.39. The van der Waals surface area contributed by atoms with Crippen molar-refractivity contribution in [1.82, 2.24) is 4.90 Å². The number of fused-ring (bicyclic) bond motifs is 2. The highest BCUT2D eigenvalue weighted by molar-refractivity contribution is 5.70. The van der Waals surface area contributed by atoms with E-state index in [0.29, 0.717) is 12.8 Å². The molecule has 0 saturated heterocycles. The fraction of sp³-hybridized carbons (Fsp3) is 0.920. The van der Waals surface area contributed by atoms with Crippen molar-refractivity contribution in [2.45, 2.75) is 238 Å². The summed E-state index contributed by atoms with van der Waals surface area (Å²) in [5.74, 6) is 5.26. The number of esters is 2. The van der Waals surface area contributed by atoms with Crippen LogP contribution in [0.2, 0.25) is 0 Å². The number of carbonyl (C=O) groups excluding carboxylic acids is 2. The van der Waals surface area contributed by atoms with E-state index in [1.807, 2.05) is 0 Å². The molecule has 0 radical (unpaired) electrons. The zero-order valence-electron chi connectivity index (χ0n) is 36.8. The molecular formula is C50H89NO4. The van der Waals surface area contributed by atoms with Crippen LogP contribution in [-0.2, 0) is 19.1 Å². The smallest absolute Gasteiger partial charge is 0.306 e. The van der Waals surface area contributed by atoms with E-state index in [9.17, 15) is 9.59 Å². The van der Waals surface area contributed by atoms with Crippen molar-refractivity contribution in [3.05, 3.63) is 11.6 Å². The van der Waals surface area contributed by atoms with Gasteiger partial charge in [0.1, 0.15) is 12.2 Å². The van der Waals surface area contributed by atoms with Crippen LogP contribution in [0.1, 0.15) is 226 Å². The summed E-state index contributed by atoms with van der Waals surface area (Å²) < 4.78 is 12.6. The van der Waals surface area contributed by atoms with Crippen molar-refractivity contribution in [3.8, 4) is 0 Å². The van der Waals surface area contributed by atoms with Gasteiger partial charge in [0, 0.05) is 19.4 Å². The number of hydrogen-bond acceptors (Lipinski definition) is 5. The van der Waals surface area contributed by atoms with Crippen LogP contribution < -0.4 is 0 Å². The van der Waals surface area contributed by atoms with Gasteiger partial charge in [-0.1, -0.05) is 128 Å². The highest BCUT2D eigenvalue weighted by atomic mass is 16.5. The van der Waals surface area contributed by atoms with Crippen molar-refractivity contribution in [2.75, 3.05) is 20.6 Å². The van der Waals surface area contributed by atoms with Gasteiger partial charge >= 0.3 is 11.9 Å². The summed E-state index contributed by atoms with van der Waals surface area (Å²) in [5, 5.41) is 0. The van der Waals surface area contributed by atoms with Crippen molar-refractivity contribution < 1.29 is 19.1 Å². The molecule has 5 heteroatoms. The van der Waals surface area contributed by atoms with Crippen LogP contribution >= 0.6 is 0 Å². The minimum absolute atomic E-state index is 0.0163. The van der Waals surface area contributed by atoms with Crippen LogP contribution in [0.5, 0.6) is 0 Å². The summed E-state index contributed by atoms with van der Waals surface area (Å²) in [4.78, 5) is 28.9. The zero-order chi connectivity index (χ0) is 39.1. The van der Waals surface area contributed by atoms with Crippen LogP contribution in [0.3, 0.4) is 0 Å². The number of allylic oxidation sites excluding steroid dienone is 1. The molecule has 4 fully saturated rings. The lowest BCUT2D eigenvalue weighted by molar-refractivity contribution is -0.151. The van der Waals surface area contributed by atoms with Crippen LogP contribution in [0, 0.1) is 35.5 Å². The molecule has 0 aromatic heterocycles. The van der Waals surface area contributed by atoms with E-state index in [4.69, 9.17) is 9.47 Å². The van der Waals surface area contributed by atoms with Crippen molar-refractivity contribution >= 4 is 11.9 Å². The summed E-state index contributed by atoms with van der Waals surface area (Å²) in [6.07, 6.45) is 41.7. The summed E-state index contributed by atoms with van der Waals surface area (Å²) in [6, 6.07) is 0. The molecule has 0 aromatic carbocycles. The molecule has 4 rings (SSSR count). The predicted molar refractivity (Wildman–Crippen MR) is 231 cm³/mol. The topological polar surface area (TPSA) is 55.8 Å². The van der Waals surface area contributed by atoms with Crippen LogP contribution in [-0.4, -0.2) is 49.7 Å². The van der Waals surface area contributed by atoms with E-state index >= 15 is 0 Å². The Labute approximate surface area is 340 Å². The summed E-state index contributed by atoms with van der Waals surface area (Å²) >= 11 is 0. The maximum Gasteiger partial charge on any atom is 0.306 e. The Morgan fingerprint density at radius 2 is 0.982 bits per heavy atom. The van der Waals surface area contributed by atoms with Gasteiger partial charge in [0.2, 0.25) is 0 Å². The first kappa shape index (κ1) is 46.3. The SMILES string of the molecule is CCCCCCCC(CCCCCCC)OC(=O)CCC/C(=C/CCN(C)C)CCCC(=O)OC(CC1CC2CCCCC2C1)CC1CC2CCCCC2C1. The molecule has 4 aliphatic rings. The maximum absolute atomic E-state index is 13.5. The highest BCUT2D eigenvalue weighted by Gasteiger charge is 2.40. The molecule has 4 atom stereocenters. The van der Waals surface area contributed by atoms with Crippen molar-refractivity contribution in [1.29, 1.82) is 0 Å². The Balaban J connectivity index is 1.23. The van der Waals surface area contributed by atoms with Gasteiger partial charge in [0.15, 0.2) is 0 Å². The number of nitrogens with zero attached hydrogens (tertiary/aromatic N) is 1. The summed E-state index contributed by atoms with van der Waals surface area (Å²) in [7, 11) is 4.25. The normalized spacial score (nSPS) is 26.0. The third kappa shape index (κ3) is 18.8. The van der Waals surface area contributed by atoms with E-state index in [1.54, 1.807) is 0 Å². The molecule has 0 N–H and O–H groups in total. The van der Waals surface area contributed by atoms with E-state index < -0.39 is 0 Å². The molecule has 4 saturated carbocycles. The molecule has 4 aliphatic carbocycles. The first-order chi connectivity index (χ1) is 26.8. The Kier molecular flexibility index (Phi) is 23.0. The Morgan fingerprint density at radius 3 is 1.40 bits per heavy atom. The second kappa shape index (κ2) is 27.4. The molecule has 0 bridgehead atoms. The van der Waals surface area contributed by atoms with Gasteiger partial charge in [0.25, 0.3) is 0 Å². The lowest BCUT2D eigenvalue weighted by atomic mass is 9.82. The zero-order valence-corrected chi connectivity index (χ0v) is 36.8. The van der Waals surface area contributed by atoms with Gasteiger partial charge in [-0.2, -0.15) is 0 Å². The second-order valence-electron chi connectivity index (χ2n) is 19.5. The minimum Gasteiger partial charge on any atom is -0.462 e. The molecule has 0 aliphatic heterocycles. The maximum atomic E-state index is 13.5. The van der Waals surface area contributed by atoms with Gasteiger partial charge < -0.3 is 14.4 Å². The van der Waals surface area contributed by atoms with E-state index in [0.717, 1.165) is 113 Å². The first-order valence-corrected chi connectivity index (χ1v) is 24.5. The van der Waals surface area contributed by atoms with Gasteiger partial charge in [0.05, 0.1) is 0 Å². The van der Waals surface area contributed by atoms with Crippen LogP contribution in [0.4, 0.5) is 0 Å². The average molecular weight is 768 g/mol. The lowest BCUT2D eigenvalue weighted by Gasteiger charge is -2.24. The Morgan fingerprint density at radius 1 is 0.564 bits per heavy atom. The molecule has 0 spiro atoms. The number of carbonyl (C=O) groups is 2. The van der Waals surface area contributed by atoms with Crippen LogP contribution in [0.25, 0.3) is 0 Å². The number of ether oxygens (including phenoxy) is 2. The number of rotatable bonds is 29. The molecule has 4 unspecified atom stereocenters. The van der Waals surface area contributed by atoms with Crippen molar-refractivity contribution in [2.24, 2.45) is 35.5 Å². The molecule has 0 aromatic rings. The van der Waals surface area contributed by atoms with E-state index in [2.05, 4.69) is 38.9 Å². The second-order valence-corrected chi connectivity index (χ2v) is 19.5. The molecule has 318 valence electrons. The van der Waals surface area contributed by atoms with Crippen molar-refractivity contribution in [3.63, 3.8) is 0 Å². The summed E-state index contributed by atoms with van der Waals surface area (Å²) in [6.45, 7) is 5.53. The third-order valence-electron chi connectivity index (χ3n) is 14.5. The predicted octanol–water partition coefficient (Wildman–Crippen LogP) is 14.0. The fourth-order valence-corrected chi connectivity index (χ4v) is 11.5. The van der Waals surface area contributed by atoms with Crippen LogP contribution in [0.15, 0.2) is 11.6 Å². The number of unbranched alkanes of at least 4 members (excludes halogenated alkanes) is 8. The molecular weight excluding hydrogens is 679 g/mol. The fourth-order valence-electron chi connectivity index (χ4n) is 11.5. The number of hydrogen-bond donors (Lipinski definition) is 0.